The van der Waals surface area contributed by atoms with Gasteiger partial charge < -0.3 is 37.9 Å². The van der Waals surface area contributed by atoms with Crippen LogP contribution in [-0.2, 0) is 86.4 Å². The van der Waals surface area contributed by atoms with Crippen LogP contribution in [0.5, 0.6) is 17.2 Å². The van der Waals surface area contributed by atoms with Gasteiger partial charge >= 0.3 is 29.8 Å². The van der Waals surface area contributed by atoms with E-state index in [-0.39, 0.29) is 62.6 Å². The van der Waals surface area contributed by atoms with Crippen molar-refractivity contribution in [2.24, 2.45) is 92.7 Å². The van der Waals surface area contributed by atoms with Gasteiger partial charge in [-0.15, -0.1) is 0 Å². The third kappa shape index (κ3) is 30.0. The number of carbonyl (C=O) groups excluding carboxylic acids is 4. The van der Waals surface area contributed by atoms with Gasteiger partial charge in [0.2, 0.25) is 0 Å². The quantitative estimate of drug-likeness (QED) is 0.0233. The van der Waals surface area contributed by atoms with Crippen LogP contribution >= 0.6 is 0 Å². The predicted octanol–water partition coefficient (Wildman–Crippen LogP) is 30.0. The molecule has 16 aliphatic carbocycles. The second-order valence-electron chi connectivity index (χ2n) is 44.6. The third-order valence-corrected chi connectivity index (χ3v) is 40.8. The van der Waals surface area contributed by atoms with E-state index in [0.29, 0.717) is 71.1 Å². The lowest BCUT2D eigenvalue weighted by atomic mass is 9.49. The van der Waals surface area contributed by atoms with Gasteiger partial charge in [0.05, 0.1) is 90.1 Å². The Morgan fingerprint density at radius 1 is 0.304 bits per heavy atom. The molecule has 790 valence electrons. The average molecular weight is 2110 g/mol. The highest BCUT2D eigenvalue weighted by molar-refractivity contribution is 7.98. The Hall–Kier alpha value is -9.72. The number of carbonyl (C=O) groups is 4. The first kappa shape index (κ1) is 111. The van der Waals surface area contributed by atoms with E-state index < -0.39 is 65.7 Å². The number of halogens is 8. The number of aryl methyl sites for hydroxylation is 1. The van der Waals surface area contributed by atoms with E-state index in [1.54, 1.807) is 21.3 Å². The minimum absolute atomic E-state index is 0.0146. The van der Waals surface area contributed by atoms with Gasteiger partial charge in [0.15, 0.2) is 68.8 Å². The summed E-state index contributed by atoms with van der Waals surface area (Å²) in [5, 5.41) is 0. The Bertz CT molecular complexity index is 5230. The van der Waals surface area contributed by atoms with Gasteiger partial charge in [0, 0.05) is 56.1 Å². The molecule has 0 amide bonds. The molecule has 0 unspecified atom stereocenters. The first-order chi connectivity index (χ1) is 71.0. The highest BCUT2D eigenvalue weighted by Crippen LogP contribution is 2.65. The molecular weight excluding hydrogens is 1960 g/mol. The molecule has 1 saturated heterocycles. The van der Waals surface area contributed by atoms with Crippen molar-refractivity contribution in [2.75, 3.05) is 72.5 Å². The van der Waals surface area contributed by atoms with E-state index in [1.165, 1.54) is 143 Å². The Morgan fingerprint density at radius 2 is 0.547 bits per heavy atom. The second kappa shape index (κ2) is 49.8. The summed E-state index contributed by atoms with van der Waals surface area (Å²) in [4.78, 5) is 61.1. The van der Waals surface area contributed by atoms with Crippen LogP contribution in [0.3, 0.4) is 0 Å². The molecule has 0 N–H and O–H groups in total. The molecule has 148 heavy (non-hydrogen) atoms. The van der Waals surface area contributed by atoms with E-state index in [0.717, 1.165) is 146 Å². The summed E-state index contributed by atoms with van der Waals surface area (Å²) in [5.41, 5.74) is 0.0361. The SMILES string of the molecule is CC(F)(F)C(=O)OCC12CC3CC(CC(C3)C1)C2.CC(F)(F)COC(=O)C12CC3CC(CC(C3)C1)C2.CC(F)(F)COC(=O)C12CC3CC(CC(C3)C1)C2.CC(F)(F)COC(=O)C12CC3CC(CC(C3)C1)C2.COc1ccc([S+]2CCOCC2)cc1.COc1cccc([S+](c2ccc(C)cc2)c2cccc(OC)c2)c1.c1ccc([S+](c2ccccc2)c2ccccc2)cc1.c1ccc([S+](c2ccccc2)c2ccccc2)cc1. The fourth-order valence-corrected chi connectivity index (χ4v) is 35.3. The minimum atomic E-state index is -3.36. The minimum Gasteiger partial charge on any atom is -0.497 e. The molecular formula is C124H146F8O12S4+4. The van der Waals surface area contributed by atoms with Gasteiger partial charge in [-0.1, -0.05) is 139 Å². The zero-order valence-corrected chi connectivity index (χ0v) is 89.9. The van der Waals surface area contributed by atoms with Gasteiger partial charge in [-0.3, -0.25) is 14.4 Å². The van der Waals surface area contributed by atoms with E-state index in [4.69, 9.17) is 37.9 Å². The first-order valence-electron chi connectivity index (χ1n) is 52.9. The van der Waals surface area contributed by atoms with Gasteiger partial charge in [-0.25, -0.2) is 31.1 Å². The predicted molar refractivity (Wildman–Crippen MR) is 570 cm³/mol. The Kier molecular flexibility index (Phi) is 37.3. The van der Waals surface area contributed by atoms with Crippen molar-refractivity contribution in [2.45, 2.75) is 261 Å². The lowest BCUT2D eigenvalue weighted by Gasteiger charge is -2.56. The monoisotopic (exact) mass is 2110 g/mol. The van der Waals surface area contributed by atoms with Crippen LogP contribution in [0.25, 0.3) is 0 Å². The van der Waals surface area contributed by atoms with Crippen molar-refractivity contribution < 1.29 is 92.2 Å². The van der Waals surface area contributed by atoms with Crippen LogP contribution < -0.4 is 14.2 Å². The largest absolute Gasteiger partial charge is 0.497 e. The van der Waals surface area contributed by atoms with Crippen LogP contribution in [-0.4, -0.2) is 120 Å². The van der Waals surface area contributed by atoms with Crippen molar-refractivity contribution >= 4 is 67.5 Å². The number of alkyl halides is 8. The Morgan fingerprint density at radius 3 is 0.797 bits per heavy atom. The van der Waals surface area contributed by atoms with Crippen molar-refractivity contribution in [1.29, 1.82) is 0 Å². The Balaban J connectivity index is 0.000000121. The molecule has 12 nitrogen and oxygen atoms in total. The smallest absolute Gasteiger partial charge is 0.376 e. The lowest BCUT2D eigenvalue weighted by Crippen LogP contribution is -2.51. The number of methoxy groups -OCH3 is 3. The first-order valence-corrected chi connectivity index (χ1v) is 58.2. The van der Waals surface area contributed by atoms with E-state index >= 15 is 0 Å². The number of ether oxygens (including phenoxy) is 8. The van der Waals surface area contributed by atoms with E-state index in [1.807, 2.05) is 36.4 Å². The summed E-state index contributed by atoms with van der Waals surface area (Å²) in [7, 11) is 5.27. The molecule has 1 heterocycles. The summed E-state index contributed by atoms with van der Waals surface area (Å²) < 4.78 is 143. The molecule has 0 spiro atoms. The fourth-order valence-electron chi connectivity index (χ4n) is 27.2. The molecule has 17 fully saturated rings. The number of benzene rings is 10. The van der Waals surface area contributed by atoms with Gasteiger partial charge in [-0.2, -0.15) is 8.78 Å². The highest BCUT2D eigenvalue weighted by Gasteiger charge is 2.60. The van der Waals surface area contributed by atoms with E-state index in [2.05, 4.69) is 250 Å². The maximum Gasteiger partial charge on any atom is 0.376 e. The van der Waals surface area contributed by atoms with Crippen molar-refractivity contribution in [1.82, 2.24) is 0 Å². The lowest BCUT2D eigenvalue weighted by molar-refractivity contribution is -0.180. The molecule has 16 saturated carbocycles. The van der Waals surface area contributed by atoms with Gasteiger partial charge in [-0.05, 0) is 365 Å². The molecule has 0 aromatic heterocycles. The van der Waals surface area contributed by atoms with Gasteiger partial charge in [0.25, 0.3) is 17.8 Å². The standard InChI is InChI=1S/C21H21O2S.2C18H15S.4C14H20F2O2.C11H15O2S/c1-16-10-12-19(13-11-16)24(20-8-4-6-17(14-20)22-2)21-9-5-7-18(15-21)23-3;2*1-4-10-16(11-5-1)19(17-12-6-2-7-13-17)18-14-8-3-9-15-18;1-13(15,16)12(17)18-8-14-5-9-2-10(6-14)4-11(3-9)7-14;3*1-13(15,16)8-18-12(17)14-5-9-2-10(6-14)4-11(3-9)7-14;1-12-10-2-4-11(5-3-10)14-8-6-13-7-9-14/h4-15H,1-3H3;2*1-15H;4*9-11H,2-8H2,1H3;2-5H,6-9H2,1H3/q3*+1;;;;;+1. The van der Waals surface area contributed by atoms with Crippen LogP contribution in [0.2, 0.25) is 0 Å². The molecule has 27 rings (SSSR count). The highest BCUT2D eigenvalue weighted by atomic mass is 32.2. The topological polar surface area (TPSA) is 142 Å². The number of rotatable bonds is 25. The molecule has 17 aliphatic rings. The zero-order chi connectivity index (χ0) is 104. The fraction of sp³-hybridized carbons (Fsp3) is 0.484. The van der Waals surface area contributed by atoms with Crippen molar-refractivity contribution in [3.05, 3.63) is 285 Å². The zero-order valence-electron chi connectivity index (χ0n) is 86.7. The third-order valence-electron chi connectivity index (χ3n) is 31.8. The second-order valence-corrected chi connectivity index (χ2v) is 52.9. The maximum atomic E-state index is 12.8. The summed E-state index contributed by atoms with van der Waals surface area (Å²) >= 11 is 0. The molecule has 24 heteroatoms. The molecule has 10 aromatic rings. The van der Waals surface area contributed by atoms with Crippen molar-refractivity contribution in [3.8, 4) is 17.2 Å². The number of esters is 4. The maximum absolute atomic E-state index is 12.8. The molecule has 0 radical (unpaired) electrons. The average Bonchev–Trinajstić information content (AvgIpc) is 0.742. The van der Waals surface area contributed by atoms with Crippen LogP contribution in [0.15, 0.2) is 328 Å². The van der Waals surface area contributed by atoms with Crippen LogP contribution in [0.4, 0.5) is 35.1 Å². The van der Waals surface area contributed by atoms with Crippen LogP contribution in [0.1, 0.15) is 187 Å². The molecule has 16 bridgehead atoms. The van der Waals surface area contributed by atoms with E-state index in [9.17, 15) is 54.3 Å². The normalized spacial score (nSPS) is 26.6. The number of hydrogen-bond donors (Lipinski definition) is 0. The van der Waals surface area contributed by atoms with Crippen molar-refractivity contribution in [3.63, 3.8) is 0 Å². The summed E-state index contributed by atoms with van der Waals surface area (Å²) in [6.45, 7) is 4.81. The molecule has 0 atom stereocenters. The summed E-state index contributed by atoms with van der Waals surface area (Å²) in [5.74, 6) is -1.60. The van der Waals surface area contributed by atoms with Crippen LogP contribution in [0, 0.1) is 99.6 Å². The number of hydrogen-bond acceptors (Lipinski definition) is 12. The Labute approximate surface area is 882 Å². The van der Waals surface area contributed by atoms with Gasteiger partial charge in [0.1, 0.15) is 28.8 Å². The molecule has 1 aliphatic heterocycles. The molecule has 10 aromatic carbocycles. The summed E-state index contributed by atoms with van der Waals surface area (Å²) in [6, 6.07) is 98.1. The summed E-state index contributed by atoms with van der Waals surface area (Å²) in [6.07, 6.45) is 26.0.